The average Bonchev–Trinajstić information content (AvgIpc) is 2.94. The molecule has 3 rings (SSSR count). The zero-order chi connectivity index (χ0) is 16.1. The molecule has 0 aromatic carbocycles. The first kappa shape index (κ1) is 15.4. The normalized spacial score (nSPS) is 32.0. The van der Waals surface area contributed by atoms with E-state index in [0.29, 0.717) is 11.2 Å². The van der Waals surface area contributed by atoms with Gasteiger partial charge in [-0.15, -0.1) is 0 Å². The number of methoxy groups -OCH3 is 1. The van der Waals surface area contributed by atoms with Crippen molar-refractivity contribution >= 4 is 28.7 Å². The number of nitrogen functional groups attached to an aromatic ring is 1. The van der Waals surface area contributed by atoms with Gasteiger partial charge in [0, 0.05) is 7.11 Å². The van der Waals surface area contributed by atoms with Gasteiger partial charge in [0.25, 0.3) is 0 Å². The zero-order valence-electron chi connectivity index (χ0n) is 12.0. The van der Waals surface area contributed by atoms with Crippen molar-refractivity contribution in [3.05, 3.63) is 11.5 Å². The molecule has 1 aliphatic rings. The van der Waals surface area contributed by atoms with Crippen molar-refractivity contribution in [3.8, 4) is 0 Å². The summed E-state index contributed by atoms with van der Waals surface area (Å²) in [7, 11) is 1.48. The van der Waals surface area contributed by atoms with Crippen LogP contribution in [0.2, 0.25) is 5.15 Å². The SMILES string of the molecule is COC[C@H]1O[C@@H](n2cnc3c(Cl)nc(N)nc32)[C@](C)(O)[C@@H]1O. The molecule has 10 heteroatoms. The number of hydrogen-bond acceptors (Lipinski definition) is 8. The van der Waals surface area contributed by atoms with E-state index in [-0.39, 0.29) is 17.7 Å². The molecular formula is C12H16ClN5O4. The fourth-order valence-corrected chi connectivity index (χ4v) is 2.83. The fraction of sp³-hybridized carbons (Fsp3) is 0.583. The molecule has 9 nitrogen and oxygen atoms in total. The van der Waals surface area contributed by atoms with Crippen molar-refractivity contribution in [1.29, 1.82) is 0 Å². The summed E-state index contributed by atoms with van der Waals surface area (Å²) in [6, 6.07) is 0. The standard InChI is InChI=1S/C12H16ClN5O4/c1-12(20)7(19)5(3-21-2)22-10(12)18-4-15-6-8(13)16-11(14)17-9(6)18/h4-5,7,10,19-20H,3H2,1-2H3,(H2,14,16,17)/t5-,7-,10-,12-/m1/s1. The second kappa shape index (κ2) is 5.28. The molecule has 0 aliphatic carbocycles. The average molecular weight is 330 g/mol. The Balaban J connectivity index is 2.07. The van der Waals surface area contributed by atoms with Crippen molar-refractivity contribution in [2.45, 2.75) is 31.0 Å². The highest BCUT2D eigenvalue weighted by molar-refractivity contribution is 6.33. The van der Waals surface area contributed by atoms with E-state index in [4.69, 9.17) is 26.8 Å². The number of nitrogens with two attached hydrogens (primary N) is 1. The molecule has 1 aliphatic heterocycles. The van der Waals surface area contributed by atoms with Crippen molar-refractivity contribution in [3.63, 3.8) is 0 Å². The number of fused-ring (bicyclic) bond motifs is 1. The largest absolute Gasteiger partial charge is 0.387 e. The summed E-state index contributed by atoms with van der Waals surface area (Å²) >= 11 is 5.98. The summed E-state index contributed by atoms with van der Waals surface area (Å²) in [5.74, 6) is -0.0223. The number of anilines is 1. The molecule has 0 saturated carbocycles. The molecule has 2 aromatic heterocycles. The van der Waals surface area contributed by atoms with E-state index in [1.54, 1.807) is 0 Å². The lowest BCUT2D eigenvalue weighted by Gasteiger charge is -2.27. The Morgan fingerprint density at radius 1 is 1.55 bits per heavy atom. The van der Waals surface area contributed by atoms with Crippen LogP contribution in [0, 0.1) is 0 Å². The van der Waals surface area contributed by atoms with Crippen LogP contribution in [0.15, 0.2) is 6.33 Å². The highest BCUT2D eigenvalue weighted by atomic mass is 35.5. The minimum absolute atomic E-state index is 0.0223. The van der Waals surface area contributed by atoms with E-state index >= 15 is 0 Å². The van der Waals surface area contributed by atoms with Gasteiger partial charge in [0.2, 0.25) is 5.95 Å². The molecule has 0 spiro atoms. The molecule has 2 aromatic rings. The molecule has 0 bridgehead atoms. The summed E-state index contributed by atoms with van der Waals surface area (Å²) in [5.41, 5.74) is 4.68. The quantitative estimate of drug-likeness (QED) is 0.656. The number of imidazole rings is 1. The monoisotopic (exact) mass is 329 g/mol. The smallest absolute Gasteiger partial charge is 0.223 e. The maximum absolute atomic E-state index is 10.6. The Kier molecular flexibility index (Phi) is 3.69. The number of aliphatic hydroxyl groups excluding tert-OH is 1. The molecule has 0 amide bonds. The van der Waals surface area contributed by atoms with E-state index in [2.05, 4.69) is 15.0 Å². The molecule has 22 heavy (non-hydrogen) atoms. The number of nitrogens with zero attached hydrogens (tertiary/aromatic N) is 4. The van der Waals surface area contributed by atoms with Crippen LogP contribution in [-0.2, 0) is 9.47 Å². The maximum Gasteiger partial charge on any atom is 0.223 e. The third-order valence-corrected chi connectivity index (χ3v) is 4.00. The number of hydrogen-bond donors (Lipinski definition) is 3. The van der Waals surface area contributed by atoms with E-state index in [1.165, 1.54) is 24.9 Å². The van der Waals surface area contributed by atoms with Crippen LogP contribution in [0.25, 0.3) is 11.2 Å². The molecular weight excluding hydrogens is 314 g/mol. The topological polar surface area (TPSA) is 129 Å². The molecule has 4 atom stereocenters. The first-order chi connectivity index (χ1) is 10.4. The minimum Gasteiger partial charge on any atom is -0.387 e. The van der Waals surface area contributed by atoms with Gasteiger partial charge in [-0.2, -0.15) is 9.97 Å². The lowest BCUT2D eigenvalue weighted by atomic mass is 9.96. The van der Waals surface area contributed by atoms with Crippen LogP contribution in [0.3, 0.4) is 0 Å². The lowest BCUT2D eigenvalue weighted by Crippen LogP contribution is -2.44. The van der Waals surface area contributed by atoms with Crippen LogP contribution in [0.4, 0.5) is 5.95 Å². The summed E-state index contributed by atoms with van der Waals surface area (Å²) in [6.07, 6.45) is -1.33. The summed E-state index contributed by atoms with van der Waals surface area (Å²) in [4.78, 5) is 12.0. The Labute approximate surface area is 130 Å². The predicted octanol–water partition coefficient (Wildman–Crippen LogP) is -0.282. The van der Waals surface area contributed by atoms with E-state index < -0.39 is 24.0 Å². The second-order valence-electron chi connectivity index (χ2n) is 5.35. The van der Waals surface area contributed by atoms with Crippen LogP contribution >= 0.6 is 11.6 Å². The Morgan fingerprint density at radius 2 is 2.27 bits per heavy atom. The Morgan fingerprint density at radius 3 is 2.95 bits per heavy atom. The number of aliphatic hydroxyl groups is 2. The van der Waals surface area contributed by atoms with Gasteiger partial charge in [-0.05, 0) is 6.92 Å². The molecule has 120 valence electrons. The van der Waals surface area contributed by atoms with Gasteiger partial charge in [-0.3, -0.25) is 4.57 Å². The summed E-state index contributed by atoms with van der Waals surface area (Å²) in [5, 5.41) is 20.9. The number of aromatic nitrogens is 4. The number of ether oxygens (including phenoxy) is 2. The van der Waals surface area contributed by atoms with Crippen molar-refractivity contribution in [2.24, 2.45) is 0 Å². The Bertz CT molecular complexity index is 706. The highest BCUT2D eigenvalue weighted by Crippen LogP contribution is 2.39. The van der Waals surface area contributed by atoms with Crippen LogP contribution < -0.4 is 5.73 Å². The van der Waals surface area contributed by atoms with Crippen molar-refractivity contribution < 1.29 is 19.7 Å². The van der Waals surface area contributed by atoms with Gasteiger partial charge in [0.1, 0.15) is 23.3 Å². The fourth-order valence-electron chi connectivity index (χ4n) is 2.61. The molecule has 3 heterocycles. The second-order valence-corrected chi connectivity index (χ2v) is 5.71. The zero-order valence-corrected chi connectivity index (χ0v) is 12.7. The third-order valence-electron chi connectivity index (χ3n) is 3.73. The Hall–Kier alpha value is -1.52. The lowest BCUT2D eigenvalue weighted by molar-refractivity contribution is -0.0956. The number of halogens is 1. The molecule has 0 radical (unpaired) electrons. The van der Waals surface area contributed by atoms with Gasteiger partial charge in [0.05, 0.1) is 12.9 Å². The van der Waals surface area contributed by atoms with Crippen LogP contribution in [-0.4, -0.2) is 61.3 Å². The summed E-state index contributed by atoms with van der Waals surface area (Å²) in [6.45, 7) is 1.61. The van der Waals surface area contributed by atoms with Crippen molar-refractivity contribution in [1.82, 2.24) is 19.5 Å². The van der Waals surface area contributed by atoms with Gasteiger partial charge >= 0.3 is 0 Å². The van der Waals surface area contributed by atoms with Crippen LogP contribution in [0.5, 0.6) is 0 Å². The first-order valence-corrected chi connectivity index (χ1v) is 6.94. The molecule has 1 saturated heterocycles. The molecule has 0 unspecified atom stereocenters. The van der Waals surface area contributed by atoms with Gasteiger partial charge in [-0.25, -0.2) is 4.98 Å². The minimum atomic E-state index is -1.57. The molecule has 1 fully saturated rings. The molecule has 4 N–H and O–H groups in total. The van der Waals surface area contributed by atoms with E-state index in [1.807, 2.05) is 0 Å². The van der Waals surface area contributed by atoms with Gasteiger partial charge < -0.3 is 25.4 Å². The number of rotatable bonds is 3. The van der Waals surface area contributed by atoms with Crippen molar-refractivity contribution in [2.75, 3.05) is 19.5 Å². The van der Waals surface area contributed by atoms with Gasteiger partial charge in [-0.1, -0.05) is 11.6 Å². The predicted molar refractivity (Wildman–Crippen MR) is 77.2 cm³/mol. The summed E-state index contributed by atoms with van der Waals surface area (Å²) < 4.78 is 12.2. The maximum atomic E-state index is 10.6. The van der Waals surface area contributed by atoms with E-state index in [9.17, 15) is 10.2 Å². The first-order valence-electron chi connectivity index (χ1n) is 6.56. The third kappa shape index (κ3) is 2.22. The highest BCUT2D eigenvalue weighted by Gasteiger charge is 2.53. The van der Waals surface area contributed by atoms with E-state index in [0.717, 1.165) is 0 Å². The van der Waals surface area contributed by atoms with Crippen LogP contribution in [0.1, 0.15) is 13.2 Å². The van der Waals surface area contributed by atoms with Gasteiger partial charge in [0.15, 0.2) is 17.0 Å².